The molecule has 0 amide bonds. The molecule has 4 nitrogen and oxygen atoms in total. The lowest BCUT2D eigenvalue weighted by molar-refractivity contribution is 0.318. The fourth-order valence-corrected chi connectivity index (χ4v) is 1.85. The molecule has 0 radical (unpaired) electrons. The predicted molar refractivity (Wildman–Crippen MR) is 74.7 cm³/mol. The van der Waals surface area contributed by atoms with Crippen LogP contribution in [0.25, 0.3) is 0 Å². The van der Waals surface area contributed by atoms with Crippen LogP contribution in [-0.2, 0) is 6.54 Å². The highest BCUT2D eigenvalue weighted by molar-refractivity contribution is 5.96. The van der Waals surface area contributed by atoms with Crippen molar-refractivity contribution in [3.05, 3.63) is 35.4 Å². The Morgan fingerprint density at radius 3 is 2.39 bits per heavy atom. The van der Waals surface area contributed by atoms with Crippen LogP contribution in [0.3, 0.4) is 0 Å². The van der Waals surface area contributed by atoms with Gasteiger partial charge in [-0.15, -0.1) is 0 Å². The largest absolute Gasteiger partial charge is 0.409 e. The van der Waals surface area contributed by atoms with Crippen LogP contribution >= 0.6 is 0 Å². The van der Waals surface area contributed by atoms with Crippen LogP contribution in [0, 0.1) is 5.92 Å². The Hall–Kier alpha value is -1.55. The monoisotopic (exact) mass is 249 g/mol. The van der Waals surface area contributed by atoms with Crippen molar-refractivity contribution in [3.63, 3.8) is 0 Å². The first-order valence-electron chi connectivity index (χ1n) is 6.48. The first kappa shape index (κ1) is 14.5. The van der Waals surface area contributed by atoms with E-state index in [1.165, 1.54) is 18.4 Å². The molecule has 0 unspecified atom stereocenters. The van der Waals surface area contributed by atoms with E-state index in [4.69, 9.17) is 10.9 Å². The smallest absolute Gasteiger partial charge is 0.170 e. The minimum absolute atomic E-state index is 0.145. The summed E-state index contributed by atoms with van der Waals surface area (Å²) in [5.41, 5.74) is 7.45. The summed E-state index contributed by atoms with van der Waals surface area (Å²) in [6.07, 6.45) is 2.43. The lowest BCUT2D eigenvalue weighted by Gasteiger charge is -2.13. The molecular formula is C14H23N3O. The molecule has 1 rings (SSSR count). The zero-order valence-electron chi connectivity index (χ0n) is 11.2. The molecule has 0 aliphatic carbocycles. The van der Waals surface area contributed by atoms with Gasteiger partial charge in [0.05, 0.1) is 0 Å². The summed E-state index contributed by atoms with van der Waals surface area (Å²) in [7, 11) is 0. The number of oxime groups is 1. The van der Waals surface area contributed by atoms with Crippen molar-refractivity contribution in [2.45, 2.75) is 33.2 Å². The predicted octanol–water partition coefficient (Wildman–Crippen LogP) is 2.31. The van der Waals surface area contributed by atoms with Gasteiger partial charge in [0.1, 0.15) is 0 Å². The Morgan fingerprint density at radius 2 is 1.89 bits per heavy atom. The summed E-state index contributed by atoms with van der Waals surface area (Å²) in [5.74, 6) is 0.896. The molecular weight excluding hydrogens is 226 g/mol. The average molecular weight is 249 g/mol. The SMILES string of the molecule is CCC(CC)CNCc1ccc(/C(N)=N/O)cc1. The number of nitrogens with two attached hydrogens (primary N) is 1. The second kappa shape index (κ2) is 7.71. The van der Waals surface area contributed by atoms with Gasteiger partial charge in [0.15, 0.2) is 5.84 Å². The third kappa shape index (κ3) is 4.37. The molecule has 0 bridgehead atoms. The van der Waals surface area contributed by atoms with Gasteiger partial charge in [-0.3, -0.25) is 0 Å². The van der Waals surface area contributed by atoms with Gasteiger partial charge in [-0.1, -0.05) is 56.1 Å². The van der Waals surface area contributed by atoms with Gasteiger partial charge in [0.25, 0.3) is 0 Å². The van der Waals surface area contributed by atoms with Crippen LogP contribution in [0.2, 0.25) is 0 Å². The summed E-state index contributed by atoms with van der Waals surface area (Å²) < 4.78 is 0. The Bertz CT molecular complexity index is 369. The minimum atomic E-state index is 0.145. The summed E-state index contributed by atoms with van der Waals surface area (Å²) in [6.45, 7) is 6.35. The van der Waals surface area contributed by atoms with Gasteiger partial charge < -0.3 is 16.3 Å². The van der Waals surface area contributed by atoms with Crippen LogP contribution in [0.5, 0.6) is 0 Å². The maximum Gasteiger partial charge on any atom is 0.170 e. The lowest BCUT2D eigenvalue weighted by atomic mass is 10.0. The molecule has 1 aromatic carbocycles. The summed E-state index contributed by atoms with van der Waals surface area (Å²) in [5, 5.41) is 15.0. The first-order chi connectivity index (χ1) is 8.71. The molecule has 0 fully saturated rings. The van der Waals surface area contributed by atoms with Crippen molar-refractivity contribution in [1.82, 2.24) is 5.32 Å². The fraction of sp³-hybridized carbons (Fsp3) is 0.500. The zero-order chi connectivity index (χ0) is 13.4. The topological polar surface area (TPSA) is 70.6 Å². The van der Waals surface area contributed by atoms with E-state index in [-0.39, 0.29) is 5.84 Å². The Labute approximate surface area is 109 Å². The molecule has 18 heavy (non-hydrogen) atoms. The Balaban J connectivity index is 2.44. The second-order valence-corrected chi connectivity index (χ2v) is 4.50. The molecule has 0 saturated carbocycles. The van der Waals surface area contributed by atoms with Crippen LogP contribution in [0.15, 0.2) is 29.4 Å². The van der Waals surface area contributed by atoms with E-state index in [2.05, 4.69) is 24.3 Å². The summed E-state index contributed by atoms with van der Waals surface area (Å²) in [6, 6.07) is 7.72. The van der Waals surface area contributed by atoms with Crippen molar-refractivity contribution in [2.75, 3.05) is 6.54 Å². The number of nitrogens with one attached hydrogen (secondary N) is 1. The van der Waals surface area contributed by atoms with Crippen LogP contribution in [-0.4, -0.2) is 17.6 Å². The molecule has 100 valence electrons. The normalized spacial score (nSPS) is 12.1. The summed E-state index contributed by atoms with van der Waals surface area (Å²) >= 11 is 0. The number of hydrogen-bond donors (Lipinski definition) is 3. The molecule has 0 aliphatic rings. The van der Waals surface area contributed by atoms with Gasteiger partial charge in [-0.2, -0.15) is 0 Å². The van der Waals surface area contributed by atoms with Gasteiger partial charge in [0.2, 0.25) is 0 Å². The molecule has 0 heterocycles. The molecule has 0 saturated heterocycles. The van der Waals surface area contributed by atoms with Crippen molar-refractivity contribution < 1.29 is 5.21 Å². The number of benzene rings is 1. The lowest BCUT2D eigenvalue weighted by Crippen LogP contribution is -2.21. The van der Waals surface area contributed by atoms with Gasteiger partial charge in [0, 0.05) is 12.1 Å². The van der Waals surface area contributed by atoms with E-state index in [1.807, 2.05) is 24.3 Å². The van der Waals surface area contributed by atoms with E-state index in [0.717, 1.165) is 24.6 Å². The maximum absolute atomic E-state index is 8.56. The van der Waals surface area contributed by atoms with Crippen LogP contribution in [0.1, 0.15) is 37.8 Å². The van der Waals surface area contributed by atoms with E-state index in [1.54, 1.807) is 0 Å². The third-order valence-electron chi connectivity index (χ3n) is 3.27. The highest BCUT2D eigenvalue weighted by Crippen LogP contribution is 2.07. The average Bonchev–Trinajstić information content (AvgIpc) is 2.43. The molecule has 4 N–H and O–H groups in total. The van der Waals surface area contributed by atoms with E-state index < -0.39 is 0 Å². The Kier molecular flexibility index (Phi) is 6.22. The van der Waals surface area contributed by atoms with E-state index in [0.29, 0.717) is 0 Å². The first-order valence-corrected chi connectivity index (χ1v) is 6.48. The number of hydrogen-bond acceptors (Lipinski definition) is 3. The number of amidine groups is 1. The standard InChI is InChI=1S/C14H23N3O/c1-3-11(4-2)9-16-10-12-5-7-13(8-6-12)14(15)17-18/h5-8,11,16,18H,3-4,9-10H2,1-2H3,(H2,15,17). The minimum Gasteiger partial charge on any atom is -0.409 e. The Morgan fingerprint density at radius 1 is 1.28 bits per heavy atom. The molecule has 0 aliphatic heterocycles. The van der Waals surface area contributed by atoms with Crippen LogP contribution < -0.4 is 11.1 Å². The van der Waals surface area contributed by atoms with Gasteiger partial charge >= 0.3 is 0 Å². The van der Waals surface area contributed by atoms with E-state index >= 15 is 0 Å². The molecule has 1 aromatic rings. The van der Waals surface area contributed by atoms with Crippen LogP contribution in [0.4, 0.5) is 0 Å². The quantitative estimate of drug-likeness (QED) is 0.300. The van der Waals surface area contributed by atoms with Crippen molar-refractivity contribution >= 4 is 5.84 Å². The molecule has 0 spiro atoms. The van der Waals surface area contributed by atoms with Gasteiger partial charge in [-0.05, 0) is 18.0 Å². The second-order valence-electron chi connectivity index (χ2n) is 4.50. The van der Waals surface area contributed by atoms with Gasteiger partial charge in [-0.25, -0.2) is 0 Å². The molecule has 0 atom stereocenters. The molecule has 0 aromatic heterocycles. The van der Waals surface area contributed by atoms with Crippen molar-refractivity contribution in [1.29, 1.82) is 0 Å². The van der Waals surface area contributed by atoms with E-state index in [9.17, 15) is 0 Å². The number of rotatable bonds is 7. The third-order valence-corrected chi connectivity index (χ3v) is 3.27. The highest BCUT2D eigenvalue weighted by Gasteiger charge is 2.03. The zero-order valence-corrected chi connectivity index (χ0v) is 11.2. The highest BCUT2D eigenvalue weighted by atomic mass is 16.4. The molecule has 4 heteroatoms. The fourth-order valence-electron chi connectivity index (χ4n) is 1.85. The maximum atomic E-state index is 8.56. The summed E-state index contributed by atoms with van der Waals surface area (Å²) in [4.78, 5) is 0. The van der Waals surface area contributed by atoms with Crippen molar-refractivity contribution in [2.24, 2.45) is 16.8 Å². The number of nitrogens with zero attached hydrogens (tertiary/aromatic N) is 1. The van der Waals surface area contributed by atoms with Crippen molar-refractivity contribution in [3.8, 4) is 0 Å².